The van der Waals surface area contributed by atoms with Gasteiger partial charge >= 0.3 is 0 Å². The van der Waals surface area contributed by atoms with E-state index in [1.165, 1.54) is 6.42 Å². The van der Waals surface area contributed by atoms with E-state index in [2.05, 4.69) is 18.9 Å². The Morgan fingerprint density at radius 3 is 2.44 bits per heavy atom. The Morgan fingerprint density at radius 1 is 1.22 bits per heavy atom. The normalized spacial score (nSPS) is 11.4. The standard InChI is InChI=1S/C13H22N2OS2/c1-5-7-14(2)8-6-9-15(3)10-11(16)12(17)13(10)18-4/h5-9H2,1-4H3. The Kier molecular flexibility index (Phi) is 6.32. The van der Waals surface area contributed by atoms with Crippen molar-refractivity contribution >= 4 is 29.7 Å². The van der Waals surface area contributed by atoms with Crippen molar-refractivity contribution in [3.8, 4) is 0 Å². The van der Waals surface area contributed by atoms with Gasteiger partial charge in [-0.25, -0.2) is 0 Å². The molecule has 1 aromatic rings. The first kappa shape index (κ1) is 15.7. The topological polar surface area (TPSA) is 23.6 Å². The van der Waals surface area contributed by atoms with Crippen molar-refractivity contribution in [2.75, 3.05) is 44.9 Å². The largest absolute Gasteiger partial charge is 0.370 e. The second kappa shape index (κ2) is 7.26. The second-order valence-electron chi connectivity index (χ2n) is 4.62. The molecule has 1 aromatic carbocycles. The molecule has 0 heterocycles. The molecule has 0 amide bonds. The molecular weight excluding hydrogens is 264 g/mol. The van der Waals surface area contributed by atoms with Crippen LogP contribution in [0.4, 0.5) is 5.69 Å². The van der Waals surface area contributed by atoms with E-state index in [-0.39, 0.29) is 5.43 Å². The highest BCUT2D eigenvalue weighted by atomic mass is 32.2. The molecule has 1 rings (SSSR count). The van der Waals surface area contributed by atoms with Gasteiger partial charge in [0.2, 0.25) is 5.43 Å². The minimum atomic E-state index is 0.0405. The first-order valence-corrected chi connectivity index (χ1v) is 7.93. The SMILES string of the molecule is CCCN(C)CCCN(C)c1c(SC)c(=S)c1=O. The average molecular weight is 286 g/mol. The molecule has 0 aliphatic carbocycles. The summed E-state index contributed by atoms with van der Waals surface area (Å²) in [7, 11) is 4.12. The fourth-order valence-corrected chi connectivity index (χ4v) is 3.24. The number of hydrogen-bond acceptors (Lipinski definition) is 5. The van der Waals surface area contributed by atoms with Crippen LogP contribution in [0.15, 0.2) is 9.69 Å². The molecular formula is C13H22N2OS2. The first-order chi connectivity index (χ1) is 8.52. The summed E-state index contributed by atoms with van der Waals surface area (Å²) in [6, 6.07) is 0. The van der Waals surface area contributed by atoms with Gasteiger partial charge < -0.3 is 9.80 Å². The maximum absolute atomic E-state index is 11.7. The molecule has 0 fully saturated rings. The lowest BCUT2D eigenvalue weighted by atomic mass is 10.2. The molecule has 0 unspecified atom stereocenters. The van der Waals surface area contributed by atoms with E-state index in [0.717, 1.165) is 36.6 Å². The van der Waals surface area contributed by atoms with Gasteiger partial charge in [0.05, 0.1) is 4.90 Å². The summed E-state index contributed by atoms with van der Waals surface area (Å²) in [5, 5.41) is 0. The summed E-state index contributed by atoms with van der Waals surface area (Å²) < 4.78 is 0.507. The Balaban J connectivity index is 2.46. The van der Waals surface area contributed by atoms with Gasteiger partial charge in [-0.1, -0.05) is 19.1 Å². The van der Waals surface area contributed by atoms with Gasteiger partial charge in [-0.3, -0.25) is 4.79 Å². The molecule has 0 aliphatic heterocycles. The van der Waals surface area contributed by atoms with Crippen molar-refractivity contribution in [2.24, 2.45) is 0 Å². The van der Waals surface area contributed by atoms with Gasteiger partial charge in [0.1, 0.15) is 10.2 Å². The van der Waals surface area contributed by atoms with E-state index in [9.17, 15) is 4.79 Å². The van der Waals surface area contributed by atoms with Crippen LogP contribution < -0.4 is 10.3 Å². The van der Waals surface area contributed by atoms with Gasteiger partial charge in [0.15, 0.2) is 0 Å². The van der Waals surface area contributed by atoms with E-state index < -0.39 is 0 Å². The monoisotopic (exact) mass is 286 g/mol. The molecule has 18 heavy (non-hydrogen) atoms. The van der Waals surface area contributed by atoms with Gasteiger partial charge in [0.25, 0.3) is 0 Å². The molecule has 0 spiro atoms. The predicted molar refractivity (Wildman–Crippen MR) is 83.4 cm³/mol. The van der Waals surface area contributed by atoms with Crippen molar-refractivity contribution in [2.45, 2.75) is 24.7 Å². The Bertz CT molecular complexity index is 452. The number of hydrogen-bond donors (Lipinski definition) is 0. The van der Waals surface area contributed by atoms with Crippen molar-refractivity contribution in [1.82, 2.24) is 4.90 Å². The summed E-state index contributed by atoms with van der Waals surface area (Å²) in [5.74, 6) is 0. The molecule has 102 valence electrons. The maximum atomic E-state index is 11.7. The van der Waals surface area contributed by atoms with Crippen LogP contribution in [0.25, 0.3) is 0 Å². The number of anilines is 1. The zero-order valence-electron chi connectivity index (χ0n) is 11.7. The van der Waals surface area contributed by atoms with Crippen molar-refractivity contribution < 1.29 is 0 Å². The van der Waals surface area contributed by atoms with Crippen LogP contribution >= 0.6 is 24.0 Å². The number of nitrogens with zero attached hydrogens (tertiary/aromatic N) is 2. The predicted octanol–water partition coefficient (Wildman–Crippen LogP) is 2.54. The molecule has 5 heteroatoms. The zero-order valence-corrected chi connectivity index (χ0v) is 13.3. The van der Waals surface area contributed by atoms with Crippen LogP contribution in [0.3, 0.4) is 0 Å². The third-order valence-corrected chi connectivity index (χ3v) is 4.39. The first-order valence-electron chi connectivity index (χ1n) is 6.29. The average Bonchev–Trinajstić information content (AvgIpc) is 2.34. The highest BCUT2D eigenvalue weighted by Gasteiger charge is 2.20. The van der Waals surface area contributed by atoms with Crippen LogP contribution in [0.2, 0.25) is 0 Å². The fourth-order valence-electron chi connectivity index (χ4n) is 2.08. The summed E-state index contributed by atoms with van der Waals surface area (Å²) in [6.07, 6.45) is 4.22. The van der Waals surface area contributed by atoms with Gasteiger partial charge in [0, 0.05) is 13.6 Å². The van der Waals surface area contributed by atoms with Crippen LogP contribution in [0, 0.1) is 4.51 Å². The van der Waals surface area contributed by atoms with Crippen molar-refractivity contribution in [3.05, 3.63) is 14.7 Å². The van der Waals surface area contributed by atoms with E-state index in [0.29, 0.717) is 4.51 Å². The van der Waals surface area contributed by atoms with Gasteiger partial charge in [-0.15, -0.1) is 11.8 Å². The quantitative estimate of drug-likeness (QED) is 0.540. The van der Waals surface area contributed by atoms with Crippen LogP contribution in [0.1, 0.15) is 19.8 Å². The highest BCUT2D eigenvalue weighted by Crippen LogP contribution is 2.29. The van der Waals surface area contributed by atoms with Crippen LogP contribution in [0.5, 0.6) is 0 Å². The minimum Gasteiger partial charge on any atom is -0.370 e. The number of thioether (sulfide) groups is 1. The summed E-state index contributed by atoms with van der Waals surface area (Å²) in [6.45, 7) is 5.29. The van der Waals surface area contributed by atoms with Gasteiger partial charge in [-0.2, -0.15) is 0 Å². The molecule has 0 atom stereocenters. The lowest BCUT2D eigenvalue weighted by Gasteiger charge is -2.24. The van der Waals surface area contributed by atoms with Crippen molar-refractivity contribution in [1.29, 1.82) is 0 Å². The van der Waals surface area contributed by atoms with Gasteiger partial charge in [-0.05, 0) is 39.2 Å². The molecule has 0 aromatic heterocycles. The zero-order chi connectivity index (χ0) is 13.7. The third-order valence-electron chi connectivity index (χ3n) is 3.07. The van der Waals surface area contributed by atoms with Crippen LogP contribution in [-0.2, 0) is 0 Å². The van der Waals surface area contributed by atoms with Crippen molar-refractivity contribution in [3.63, 3.8) is 0 Å². The minimum absolute atomic E-state index is 0.0405. The van der Waals surface area contributed by atoms with Crippen LogP contribution in [-0.4, -0.2) is 44.9 Å². The lowest BCUT2D eigenvalue weighted by molar-refractivity contribution is 0.331. The molecule has 0 N–H and O–H groups in total. The Hall–Kier alpha value is -0.390. The van der Waals surface area contributed by atoms with E-state index in [1.807, 2.05) is 18.2 Å². The lowest BCUT2D eigenvalue weighted by Crippen LogP contribution is -2.31. The Morgan fingerprint density at radius 2 is 1.89 bits per heavy atom. The molecule has 0 aliphatic rings. The maximum Gasteiger partial charge on any atom is 0.222 e. The smallest absolute Gasteiger partial charge is 0.222 e. The summed E-state index contributed by atoms with van der Waals surface area (Å²) >= 11 is 6.62. The molecule has 0 saturated heterocycles. The number of rotatable bonds is 8. The molecule has 0 bridgehead atoms. The third kappa shape index (κ3) is 3.56. The molecule has 3 nitrogen and oxygen atoms in total. The van der Waals surface area contributed by atoms with E-state index in [1.54, 1.807) is 11.8 Å². The van der Waals surface area contributed by atoms with E-state index >= 15 is 0 Å². The second-order valence-corrected chi connectivity index (χ2v) is 5.84. The summed E-state index contributed by atoms with van der Waals surface area (Å²) in [4.78, 5) is 17.1. The fraction of sp³-hybridized carbons (Fsp3) is 0.692. The summed E-state index contributed by atoms with van der Waals surface area (Å²) in [5.41, 5.74) is 0.851. The molecule has 0 saturated carbocycles. The van der Waals surface area contributed by atoms with E-state index in [4.69, 9.17) is 12.2 Å². The Labute approximate surface area is 119 Å². The molecule has 0 radical (unpaired) electrons. The highest BCUT2D eigenvalue weighted by molar-refractivity contribution is 7.99.